The zero-order valence-electron chi connectivity index (χ0n) is 10.1. The molecular weight excluding hydrogens is 226 g/mol. The van der Waals surface area contributed by atoms with E-state index in [1.165, 1.54) is 18.4 Å². The first-order chi connectivity index (χ1) is 8.81. The van der Waals surface area contributed by atoms with Gasteiger partial charge in [-0.15, -0.1) is 0 Å². The SMILES string of the molecule is O=C1Cc2cc3nc[nH]c3cc2CCN1C1CC1. The number of rotatable bonds is 1. The smallest absolute Gasteiger partial charge is 0.227 e. The van der Waals surface area contributed by atoms with Crippen LogP contribution in [0.3, 0.4) is 0 Å². The highest BCUT2D eigenvalue weighted by atomic mass is 16.2. The van der Waals surface area contributed by atoms with Gasteiger partial charge in [0.1, 0.15) is 0 Å². The van der Waals surface area contributed by atoms with Crippen LogP contribution < -0.4 is 0 Å². The van der Waals surface area contributed by atoms with Crippen LogP contribution in [0.1, 0.15) is 24.0 Å². The largest absolute Gasteiger partial charge is 0.345 e. The molecule has 1 aromatic heterocycles. The van der Waals surface area contributed by atoms with Crippen molar-refractivity contribution in [1.82, 2.24) is 14.9 Å². The van der Waals surface area contributed by atoms with E-state index < -0.39 is 0 Å². The number of benzene rings is 1. The zero-order chi connectivity index (χ0) is 12.1. The summed E-state index contributed by atoms with van der Waals surface area (Å²) in [6.45, 7) is 0.871. The Kier molecular flexibility index (Phi) is 2.01. The van der Waals surface area contributed by atoms with E-state index in [4.69, 9.17) is 0 Å². The lowest BCUT2D eigenvalue weighted by atomic mass is 10.0. The standard InChI is InChI=1S/C14H15N3O/c18-14-7-10-6-13-12(15-8-16-13)5-9(10)3-4-17(14)11-1-2-11/h5-6,8,11H,1-4,7H2,(H,15,16). The summed E-state index contributed by atoms with van der Waals surface area (Å²) in [6.07, 6.45) is 5.58. The molecule has 4 nitrogen and oxygen atoms in total. The molecule has 1 aromatic carbocycles. The second-order valence-corrected chi connectivity index (χ2v) is 5.29. The van der Waals surface area contributed by atoms with Crippen LogP contribution in [0.5, 0.6) is 0 Å². The highest BCUT2D eigenvalue weighted by molar-refractivity contribution is 5.84. The van der Waals surface area contributed by atoms with Gasteiger partial charge in [-0.05, 0) is 42.5 Å². The lowest BCUT2D eigenvalue weighted by molar-refractivity contribution is -0.130. The van der Waals surface area contributed by atoms with Crippen molar-refractivity contribution in [3.63, 3.8) is 0 Å². The minimum absolute atomic E-state index is 0.283. The highest BCUT2D eigenvalue weighted by Gasteiger charge is 2.33. The van der Waals surface area contributed by atoms with E-state index in [1.807, 2.05) is 0 Å². The minimum atomic E-state index is 0.283. The van der Waals surface area contributed by atoms with Gasteiger partial charge in [0.05, 0.1) is 23.8 Å². The van der Waals surface area contributed by atoms with Crippen molar-refractivity contribution in [2.75, 3.05) is 6.54 Å². The van der Waals surface area contributed by atoms with Crippen molar-refractivity contribution in [3.05, 3.63) is 29.6 Å². The number of nitrogens with one attached hydrogen (secondary N) is 1. The van der Waals surface area contributed by atoms with Gasteiger partial charge in [0, 0.05) is 12.6 Å². The summed E-state index contributed by atoms with van der Waals surface area (Å²) in [7, 11) is 0. The molecule has 1 N–H and O–H groups in total. The average molecular weight is 241 g/mol. The number of carbonyl (C=O) groups excluding carboxylic acids is 1. The first kappa shape index (κ1) is 10.1. The van der Waals surface area contributed by atoms with Gasteiger partial charge < -0.3 is 9.88 Å². The third-order valence-corrected chi connectivity index (χ3v) is 4.01. The van der Waals surface area contributed by atoms with Crippen LogP contribution in [-0.2, 0) is 17.6 Å². The fraction of sp³-hybridized carbons (Fsp3) is 0.429. The summed E-state index contributed by atoms with van der Waals surface area (Å²) < 4.78 is 0. The summed E-state index contributed by atoms with van der Waals surface area (Å²) in [5, 5.41) is 0. The lowest BCUT2D eigenvalue weighted by Gasteiger charge is -2.19. The number of amides is 1. The summed E-state index contributed by atoms with van der Waals surface area (Å²) in [6, 6.07) is 4.74. The van der Waals surface area contributed by atoms with E-state index in [2.05, 4.69) is 27.0 Å². The highest BCUT2D eigenvalue weighted by Crippen LogP contribution is 2.30. The monoisotopic (exact) mass is 241 g/mol. The summed E-state index contributed by atoms with van der Waals surface area (Å²) in [5.74, 6) is 0.283. The van der Waals surface area contributed by atoms with Crippen LogP contribution in [0.25, 0.3) is 11.0 Å². The molecule has 4 rings (SSSR count). The third-order valence-electron chi connectivity index (χ3n) is 4.01. The maximum Gasteiger partial charge on any atom is 0.227 e. The van der Waals surface area contributed by atoms with Gasteiger partial charge in [0.15, 0.2) is 0 Å². The Labute approximate surface area is 105 Å². The quantitative estimate of drug-likeness (QED) is 0.825. The number of fused-ring (bicyclic) bond motifs is 2. The Bertz CT molecular complexity index is 627. The molecule has 92 valence electrons. The molecule has 1 aliphatic heterocycles. The molecule has 0 atom stereocenters. The van der Waals surface area contributed by atoms with Gasteiger partial charge in [0.25, 0.3) is 0 Å². The molecule has 0 radical (unpaired) electrons. The first-order valence-electron chi connectivity index (χ1n) is 6.55. The average Bonchev–Trinajstić information content (AvgIpc) is 3.09. The second kappa shape index (κ2) is 3.57. The predicted molar refractivity (Wildman–Crippen MR) is 68.2 cm³/mol. The van der Waals surface area contributed by atoms with Crippen LogP contribution in [0, 0.1) is 0 Å². The zero-order valence-corrected chi connectivity index (χ0v) is 10.1. The number of aromatic amines is 1. The molecule has 4 heteroatoms. The van der Waals surface area contributed by atoms with Gasteiger partial charge in [0.2, 0.25) is 5.91 Å². The second-order valence-electron chi connectivity index (χ2n) is 5.29. The number of nitrogens with zero attached hydrogens (tertiary/aromatic N) is 2. The minimum Gasteiger partial charge on any atom is -0.345 e. The molecule has 1 amide bonds. The Balaban J connectivity index is 1.75. The molecule has 1 saturated carbocycles. The molecule has 2 heterocycles. The van der Waals surface area contributed by atoms with Crippen molar-refractivity contribution < 1.29 is 4.79 Å². The fourth-order valence-electron chi connectivity index (χ4n) is 2.87. The van der Waals surface area contributed by atoms with Crippen molar-refractivity contribution in [2.45, 2.75) is 31.7 Å². The Hall–Kier alpha value is -1.84. The van der Waals surface area contributed by atoms with Gasteiger partial charge in [-0.2, -0.15) is 0 Å². The number of aromatic nitrogens is 2. The molecule has 2 aromatic rings. The summed E-state index contributed by atoms with van der Waals surface area (Å²) >= 11 is 0. The molecule has 0 saturated heterocycles. The van der Waals surface area contributed by atoms with Gasteiger partial charge >= 0.3 is 0 Å². The van der Waals surface area contributed by atoms with Gasteiger partial charge in [-0.25, -0.2) is 4.98 Å². The number of imidazole rings is 1. The molecule has 2 aliphatic rings. The Morgan fingerprint density at radius 1 is 1.28 bits per heavy atom. The van der Waals surface area contributed by atoms with E-state index in [0.29, 0.717) is 12.5 Å². The topological polar surface area (TPSA) is 49.0 Å². The van der Waals surface area contributed by atoms with Crippen molar-refractivity contribution in [3.8, 4) is 0 Å². The van der Waals surface area contributed by atoms with Crippen LogP contribution in [0.2, 0.25) is 0 Å². The molecule has 0 unspecified atom stereocenters. The van der Waals surface area contributed by atoms with E-state index in [1.54, 1.807) is 6.33 Å². The van der Waals surface area contributed by atoms with E-state index in [9.17, 15) is 4.79 Å². The summed E-state index contributed by atoms with van der Waals surface area (Å²) in [4.78, 5) is 21.7. The molecule has 1 fully saturated rings. The fourth-order valence-corrected chi connectivity index (χ4v) is 2.87. The molecule has 0 bridgehead atoms. The van der Waals surface area contributed by atoms with E-state index >= 15 is 0 Å². The Morgan fingerprint density at radius 2 is 2.17 bits per heavy atom. The van der Waals surface area contributed by atoms with Crippen LogP contribution in [0.4, 0.5) is 0 Å². The van der Waals surface area contributed by atoms with Gasteiger partial charge in [-0.3, -0.25) is 4.79 Å². The maximum atomic E-state index is 12.2. The number of hydrogen-bond donors (Lipinski definition) is 1. The molecule has 1 aliphatic carbocycles. The Morgan fingerprint density at radius 3 is 3.00 bits per heavy atom. The number of hydrogen-bond acceptors (Lipinski definition) is 2. The molecule has 18 heavy (non-hydrogen) atoms. The number of carbonyl (C=O) groups is 1. The van der Waals surface area contributed by atoms with Crippen LogP contribution in [-0.4, -0.2) is 33.4 Å². The summed E-state index contributed by atoms with van der Waals surface area (Å²) in [5.41, 5.74) is 4.48. The lowest BCUT2D eigenvalue weighted by Crippen LogP contribution is -2.34. The van der Waals surface area contributed by atoms with Gasteiger partial charge in [-0.1, -0.05) is 0 Å². The van der Waals surface area contributed by atoms with E-state index in [0.717, 1.165) is 29.6 Å². The van der Waals surface area contributed by atoms with Crippen molar-refractivity contribution >= 4 is 16.9 Å². The normalized spacial score (nSPS) is 20.0. The third kappa shape index (κ3) is 1.52. The number of H-pyrrole nitrogens is 1. The first-order valence-corrected chi connectivity index (χ1v) is 6.55. The van der Waals surface area contributed by atoms with Crippen LogP contribution in [0.15, 0.2) is 18.5 Å². The molecule has 0 spiro atoms. The molecular formula is C14H15N3O. The van der Waals surface area contributed by atoms with E-state index in [-0.39, 0.29) is 5.91 Å². The predicted octanol–water partition coefficient (Wildman–Crippen LogP) is 1.65. The van der Waals surface area contributed by atoms with Crippen molar-refractivity contribution in [1.29, 1.82) is 0 Å². The van der Waals surface area contributed by atoms with Crippen LogP contribution >= 0.6 is 0 Å². The maximum absolute atomic E-state index is 12.2. The van der Waals surface area contributed by atoms with Crippen molar-refractivity contribution in [2.24, 2.45) is 0 Å².